The lowest BCUT2D eigenvalue weighted by molar-refractivity contribution is 0.475. The SMILES string of the molecule is Oc1ccc(CNCC2CCCS2)cc1Cl. The number of nitrogens with one attached hydrogen (secondary N) is 1. The first-order chi connectivity index (χ1) is 7.75. The summed E-state index contributed by atoms with van der Waals surface area (Å²) < 4.78 is 0. The predicted molar refractivity (Wildman–Crippen MR) is 70.3 cm³/mol. The molecule has 1 aromatic carbocycles. The van der Waals surface area contributed by atoms with E-state index in [4.69, 9.17) is 11.6 Å². The van der Waals surface area contributed by atoms with Gasteiger partial charge in [0.2, 0.25) is 0 Å². The van der Waals surface area contributed by atoms with Crippen LogP contribution in [0.3, 0.4) is 0 Å². The monoisotopic (exact) mass is 257 g/mol. The van der Waals surface area contributed by atoms with Gasteiger partial charge in [-0.15, -0.1) is 0 Å². The van der Waals surface area contributed by atoms with E-state index in [9.17, 15) is 5.11 Å². The van der Waals surface area contributed by atoms with Gasteiger partial charge in [-0.05, 0) is 36.3 Å². The molecule has 1 atom stereocenters. The number of phenols is 1. The Morgan fingerprint density at radius 1 is 1.50 bits per heavy atom. The minimum atomic E-state index is 0.150. The minimum absolute atomic E-state index is 0.150. The fraction of sp³-hybridized carbons (Fsp3) is 0.500. The molecule has 2 N–H and O–H groups in total. The smallest absolute Gasteiger partial charge is 0.134 e. The van der Waals surface area contributed by atoms with Gasteiger partial charge in [-0.2, -0.15) is 11.8 Å². The molecule has 0 spiro atoms. The normalized spacial score (nSPS) is 20.2. The first-order valence-electron chi connectivity index (χ1n) is 5.55. The van der Waals surface area contributed by atoms with Gasteiger partial charge in [0.05, 0.1) is 5.02 Å². The van der Waals surface area contributed by atoms with Crippen LogP contribution in [0, 0.1) is 0 Å². The van der Waals surface area contributed by atoms with Crippen LogP contribution in [0.4, 0.5) is 0 Å². The highest BCUT2D eigenvalue weighted by Gasteiger charge is 2.14. The molecule has 1 aliphatic heterocycles. The van der Waals surface area contributed by atoms with Crippen molar-refractivity contribution >= 4 is 23.4 Å². The summed E-state index contributed by atoms with van der Waals surface area (Å²) in [5.74, 6) is 1.45. The molecule has 0 saturated carbocycles. The maximum atomic E-state index is 9.29. The molecule has 4 heteroatoms. The van der Waals surface area contributed by atoms with Crippen molar-refractivity contribution in [2.75, 3.05) is 12.3 Å². The first-order valence-corrected chi connectivity index (χ1v) is 6.98. The number of hydrogen-bond donors (Lipinski definition) is 2. The van der Waals surface area contributed by atoms with Crippen LogP contribution in [0.2, 0.25) is 5.02 Å². The molecule has 0 amide bonds. The average Bonchev–Trinajstić information content (AvgIpc) is 2.76. The second-order valence-electron chi connectivity index (χ2n) is 4.05. The number of hydrogen-bond acceptors (Lipinski definition) is 3. The highest BCUT2D eigenvalue weighted by molar-refractivity contribution is 8.00. The van der Waals surface area contributed by atoms with Gasteiger partial charge in [-0.25, -0.2) is 0 Å². The third-order valence-corrected chi connectivity index (χ3v) is 4.44. The Balaban J connectivity index is 1.78. The van der Waals surface area contributed by atoms with Crippen molar-refractivity contribution in [3.05, 3.63) is 28.8 Å². The van der Waals surface area contributed by atoms with Crippen LogP contribution >= 0.6 is 23.4 Å². The number of aromatic hydroxyl groups is 1. The highest BCUT2D eigenvalue weighted by Crippen LogP contribution is 2.26. The van der Waals surface area contributed by atoms with E-state index < -0.39 is 0 Å². The Morgan fingerprint density at radius 2 is 2.38 bits per heavy atom. The van der Waals surface area contributed by atoms with Crippen molar-refractivity contribution in [1.29, 1.82) is 0 Å². The first kappa shape index (κ1) is 12.1. The Kier molecular flexibility index (Phi) is 4.38. The molecular weight excluding hydrogens is 242 g/mol. The van der Waals surface area contributed by atoms with Crippen LogP contribution in [-0.2, 0) is 6.54 Å². The van der Waals surface area contributed by atoms with Gasteiger partial charge in [0.25, 0.3) is 0 Å². The molecule has 1 heterocycles. The third-order valence-electron chi connectivity index (χ3n) is 2.74. The van der Waals surface area contributed by atoms with Crippen molar-refractivity contribution < 1.29 is 5.11 Å². The van der Waals surface area contributed by atoms with E-state index in [-0.39, 0.29) is 5.75 Å². The Morgan fingerprint density at radius 3 is 3.06 bits per heavy atom. The lowest BCUT2D eigenvalue weighted by Crippen LogP contribution is -2.22. The van der Waals surface area contributed by atoms with E-state index in [2.05, 4.69) is 17.1 Å². The molecule has 1 aliphatic rings. The second-order valence-corrected chi connectivity index (χ2v) is 5.87. The van der Waals surface area contributed by atoms with Gasteiger partial charge in [0.15, 0.2) is 0 Å². The summed E-state index contributed by atoms with van der Waals surface area (Å²) in [6, 6.07) is 5.35. The summed E-state index contributed by atoms with van der Waals surface area (Å²) in [5, 5.41) is 13.9. The minimum Gasteiger partial charge on any atom is -0.506 e. The van der Waals surface area contributed by atoms with E-state index in [1.807, 2.05) is 12.1 Å². The zero-order chi connectivity index (χ0) is 11.4. The second kappa shape index (κ2) is 5.80. The lowest BCUT2D eigenvalue weighted by Gasteiger charge is -2.10. The number of phenolic OH excluding ortho intramolecular Hbond substituents is 1. The van der Waals surface area contributed by atoms with Crippen LogP contribution in [0.1, 0.15) is 18.4 Å². The van der Waals surface area contributed by atoms with E-state index >= 15 is 0 Å². The van der Waals surface area contributed by atoms with Crippen LogP contribution in [0.5, 0.6) is 5.75 Å². The van der Waals surface area contributed by atoms with Crippen LogP contribution in [0.25, 0.3) is 0 Å². The zero-order valence-electron chi connectivity index (χ0n) is 9.08. The summed E-state index contributed by atoms with van der Waals surface area (Å²) in [4.78, 5) is 0. The topological polar surface area (TPSA) is 32.3 Å². The summed E-state index contributed by atoms with van der Waals surface area (Å²) in [6.07, 6.45) is 2.68. The van der Waals surface area contributed by atoms with Crippen molar-refractivity contribution in [3.63, 3.8) is 0 Å². The molecule has 1 fully saturated rings. The molecule has 1 unspecified atom stereocenters. The van der Waals surface area contributed by atoms with Crippen molar-refractivity contribution in [2.24, 2.45) is 0 Å². The van der Waals surface area contributed by atoms with E-state index in [1.54, 1.807) is 6.07 Å². The lowest BCUT2D eigenvalue weighted by atomic mass is 10.2. The number of benzene rings is 1. The summed E-state index contributed by atoms with van der Waals surface area (Å²) >= 11 is 7.89. The van der Waals surface area contributed by atoms with Crippen LogP contribution in [0.15, 0.2) is 18.2 Å². The maximum absolute atomic E-state index is 9.29. The van der Waals surface area contributed by atoms with Crippen LogP contribution in [-0.4, -0.2) is 22.7 Å². The predicted octanol–water partition coefficient (Wildman–Crippen LogP) is 3.03. The Labute approximate surface area is 105 Å². The zero-order valence-corrected chi connectivity index (χ0v) is 10.7. The Bertz CT molecular complexity index is 353. The molecule has 1 aromatic rings. The van der Waals surface area contributed by atoms with Gasteiger partial charge in [0, 0.05) is 18.3 Å². The molecule has 88 valence electrons. The Hall–Kier alpha value is -0.380. The van der Waals surface area contributed by atoms with Gasteiger partial charge in [-0.3, -0.25) is 0 Å². The van der Waals surface area contributed by atoms with Gasteiger partial charge >= 0.3 is 0 Å². The third kappa shape index (κ3) is 3.30. The highest BCUT2D eigenvalue weighted by atomic mass is 35.5. The number of rotatable bonds is 4. The van der Waals surface area contributed by atoms with Crippen molar-refractivity contribution in [2.45, 2.75) is 24.6 Å². The number of halogens is 1. The fourth-order valence-electron chi connectivity index (χ4n) is 1.84. The number of thioether (sulfide) groups is 1. The fourth-order valence-corrected chi connectivity index (χ4v) is 3.28. The van der Waals surface area contributed by atoms with Crippen LogP contribution < -0.4 is 5.32 Å². The van der Waals surface area contributed by atoms with E-state index in [1.165, 1.54) is 18.6 Å². The quantitative estimate of drug-likeness (QED) is 0.870. The standard InChI is InChI=1S/C12H16ClNOS/c13-11-6-9(3-4-12(11)15)7-14-8-10-2-1-5-16-10/h3-4,6,10,14-15H,1-2,5,7-8H2. The molecule has 0 bridgehead atoms. The van der Waals surface area contributed by atoms with Gasteiger partial charge in [0.1, 0.15) is 5.75 Å². The molecule has 0 aliphatic carbocycles. The molecular formula is C12H16ClNOS. The van der Waals surface area contributed by atoms with Gasteiger partial charge < -0.3 is 10.4 Å². The molecule has 16 heavy (non-hydrogen) atoms. The van der Waals surface area contributed by atoms with Crippen molar-refractivity contribution in [3.8, 4) is 5.75 Å². The maximum Gasteiger partial charge on any atom is 0.134 e. The van der Waals surface area contributed by atoms with E-state index in [0.717, 1.165) is 23.9 Å². The molecule has 0 aromatic heterocycles. The summed E-state index contributed by atoms with van der Waals surface area (Å²) in [6.45, 7) is 1.88. The molecule has 2 rings (SSSR count). The summed E-state index contributed by atoms with van der Waals surface area (Å²) in [7, 11) is 0. The largest absolute Gasteiger partial charge is 0.506 e. The molecule has 0 radical (unpaired) electrons. The van der Waals surface area contributed by atoms with Crippen molar-refractivity contribution in [1.82, 2.24) is 5.32 Å². The average molecular weight is 258 g/mol. The van der Waals surface area contributed by atoms with Gasteiger partial charge in [-0.1, -0.05) is 17.7 Å². The summed E-state index contributed by atoms with van der Waals surface area (Å²) in [5.41, 5.74) is 1.12. The molecule has 1 saturated heterocycles. The molecule has 2 nitrogen and oxygen atoms in total. The van der Waals surface area contributed by atoms with E-state index in [0.29, 0.717) is 5.02 Å².